The molecule has 1 N–H and O–H groups in total. The Bertz CT molecular complexity index is 1050. The number of ether oxygens (including phenoxy) is 1. The second-order valence-electron chi connectivity index (χ2n) is 11.4. The second kappa shape index (κ2) is 7.85. The molecule has 4 bridgehead atoms. The smallest absolute Gasteiger partial charge is 0.318 e. The quantitative estimate of drug-likeness (QED) is 0.651. The summed E-state index contributed by atoms with van der Waals surface area (Å²) in [5.41, 5.74) is 1.65. The number of carbonyl (C=O) groups excluding carboxylic acids is 2. The lowest BCUT2D eigenvalue weighted by Crippen LogP contribution is -2.51. The third-order valence-corrected chi connectivity index (χ3v) is 9.13. The predicted molar refractivity (Wildman–Crippen MR) is 125 cm³/mol. The number of imidazole rings is 1. The predicted octanol–water partition coefficient (Wildman–Crippen LogP) is 4.66. The molecule has 0 radical (unpaired) electrons. The van der Waals surface area contributed by atoms with Crippen molar-refractivity contribution in [2.24, 2.45) is 23.2 Å². The fourth-order valence-electron chi connectivity index (χ4n) is 8.10. The minimum atomic E-state index is -0.686. The van der Waals surface area contributed by atoms with Crippen LogP contribution >= 0.6 is 0 Å². The molecule has 7 rings (SSSR count). The molecule has 2 heterocycles. The summed E-state index contributed by atoms with van der Waals surface area (Å²) < 4.78 is 7.31. The number of hydrogen-bond acceptors (Lipinski definition) is 4. The molecule has 0 saturated heterocycles. The highest BCUT2D eigenvalue weighted by atomic mass is 16.5. The molecule has 5 aliphatic rings. The van der Waals surface area contributed by atoms with E-state index in [1.807, 2.05) is 35.7 Å². The van der Waals surface area contributed by atoms with Gasteiger partial charge in [0, 0.05) is 12.7 Å². The number of pyridine rings is 1. The molecule has 1 amide bonds. The lowest BCUT2D eigenvalue weighted by molar-refractivity contribution is -0.150. The number of carbonyl (C=O) groups is 2. The van der Waals surface area contributed by atoms with Gasteiger partial charge in [-0.25, -0.2) is 4.98 Å². The van der Waals surface area contributed by atoms with Crippen molar-refractivity contribution in [1.29, 1.82) is 0 Å². The summed E-state index contributed by atoms with van der Waals surface area (Å²) in [4.78, 5) is 31.1. The summed E-state index contributed by atoms with van der Waals surface area (Å²) >= 11 is 0. The molecule has 33 heavy (non-hydrogen) atoms. The summed E-state index contributed by atoms with van der Waals surface area (Å²) in [7, 11) is 0. The first-order valence-corrected chi connectivity index (χ1v) is 12.9. The molecule has 5 saturated carbocycles. The third-order valence-electron chi connectivity index (χ3n) is 9.13. The van der Waals surface area contributed by atoms with Crippen molar-refractivity contribution >= 4 is 17.5 Å². The maximum Gasteiger partial charge on any atom is 0.318 e. The Morgan fingerprint density at radius 1 is 1.09 bits per heavy atom. The van der Waals surface area contributed by atoms with Crippen LogP contribution in [0.25, 0.3) is 5.65 Å². The van der Waals surface area contributed by atoms with Crippen LogP contribution in [0.1, 0.15) is 87.3 Å². The molecule has 0 unspecified atom stereocenters. The molecule has 0 spiro atoms. The molecular weight excluding hydrogens is 414 g/mol. The van der Waals surface area contributed by atoms with E-state index in [0.717, 1.165) is 55.7 Å². The highest BCUT2D eigenvalue weighted by molar-refractivity contribution is 5.93. The Morgan fingerprint density at radius 3 is 2.39 bits per heavy atom. The number of aromatic nitrogens is 2. The average molecular weight is 450 g/mol. The maximum atomic E-state index is 13.3. The van der Waals surface area contributed by atoms with E-state index in [1.54, 1.807) is 0 Å². The van der Waals surface area contributed by atoms with Gasteiger partial charge in [0.1, 0.15) is 16.8 Å². The fourth-order valence-corrected chi connectivity index (χ4v) is 8.10. The van der Waals surface area contributed by atoms with Gasteiger partial charge in [-0.05, 0) is 93.6 Å². The van der Waals surface area contributed by atoms with Gasteiger partial charge in [0.25, 0.3) is 5.91 Å². The van der Waals surface area contributed by atoms with Crippen molar-refractivity contribution in [2.45, 2.75) is 76.5 Å². The largest absolute Gasteiger partial charge is 0.465 e. The van der Waals surface area contributed by atoms with E-state index >= 15 is 0 Å². The van der Waals surface area contributed by atoms with Crippen LogP contribution in [0.15, 0.2) is 24.4 Å². The Morgan fingerprint density at radius 2 is 1.76 bits per heavy atom. The van der Waals surface area contributed by atoms with Gasteiger partial charge < -0.3 is 10.1 Å². The van der Waals surface area contributed by atoms with Crippen molar-refractivity contribution in [3.8, 4) is 0 Å². The molecule has 0 atom stereocenters. The topological polar surface area (TPSA) is 72.7 Å². The monoisotopic (exact) mass is 449 g/mol. The van der Waals surface area contributed by atoms with Gasteiger partial charge >= 0.3 is 5.97 Å². The molecular formula is C27H35N3O3. The molecule has 0 aliphatic heterocycles. The van der Waals surface area contributed by atoms with Gasteiger partial charge in [-0.15, -0.1) is 0 Å². The zero-order valence-corrected chi connectivity index (χ0v) is 19.6. The van der Waals surface area contributed by atoms with Crippen molar-refractivity contribution in [2.75, 3.05) is 13.2 Å². The standard InChI is InChI=1S/C27H35N3O3/c1-2-33-25(32)27(8-3-4-9-27)22-16-30-21(6-5-7-23(30)29-22)24(31)28-17-26-13-18-10-19(14-26)12-20(11-18)15-26/h5-7,16,18-20H,2-4,8-15,17H2,1H3,(H,28,31). The Balaban J connectivity index is 1.25. The van der Waals surface area contributed by atoms with Gasteiger partial charge in [0.05, 0.1) is 12.3 Å². The zero-order valence-electron chi connectivity index (χ0n) is 19.6. The van der Waals surface area contributed by atoms with Gasteiger partial charge in [0.15, 0.2) is 0 Å². The van der Waals surface area contributed by atoms with E-state index in [1.165, 1.54) is 38.5 Å². The van der Waals surface area contributed by atoms with Gasteiger partial charge in [-0.2, -0.15) is 0 Å². The average Bonchev–Trinajstić information content (AvgIpc) is 3.45. The first kappa shape index (κ1) is 21.2. The SMILES string of the molecule is CCOC(=O)C1(c2cn3c(C(=O)NCC45CC6CC(CC(C6)C4)C5)cccc3n2)CCCC1. The van der Waals surface area contributed by atoms with Gasteiger partial charge in [-0.3, -0.25) is 14.0 Å². The number of hydrogen-bond donors (Lipinski definition) is 1. The van der Waals surface area contributed by atoms with Crippen LogP contribution in [0.5, 0.6) is 0 Å². The first-order valence-electron chi connectivity index (χ1n) is 12.9. The van der Waals surface area contributed by atoms with Gasteiger partial charge in [-0.1, -0.05) is 18.9 Å². The van der Waals surface area contributed by atoms with E-state index < -0.39 is 5.41 Å². The minimum absolute atomic E-state index is 0.0445. The number of esters is 1. The number of nitrogens with zero attached hydrogens (tertiary/aromatic N) is 2. The Kier molecular flexibility index (Phi) is 5.04. The summed E-state index contributed by atoms with van der Waals surface area (Å²) in [6.45, 7) is 2.99. The number of fused-ring (bicyclic) bond motifs is 1. The molecule has 5 aliphatic carbocycles. The number of rotatable bonds is 6. The van der Waals surface area contributed by atoms with Crippen LogP contribution in [0, 0.1) is 23.2 Å². The molecule has 6 heteroatoms. The summed E-state index contributed by atoms with van der Waals surface area (Å²) in [6, 6.07) is 5.66. The molecule has 0 aromatic carbocycles. The van der Waals surface area contributed by atoms with E-state index in [-0.39, 0.29) is 11.9 Å². The van der Waals surface area contributed by atoms with Crippen molar-refractivity contribution in [1.82, 2.24) is 14.7 Å². The first-order chi connectivity index (χ1) is 16.0. The Hall–Kier alpha value is -2.37. The van der Waals surface area contributed by atoms with E-state index in [9.17, 15) is 9.59 Å². The minimum Gasteiger partial charge on any atom is -0.465 e. The van der Waals surface area contributed by atoms with Crippen LogP contribution in [0.4, 0.5) is 0 Å². The number of nitrogens with one attached hydrogen (secondary N) is 1. The molecule has 5 fully saturated rings. The summed E-state index contributed by atoms with van der Waals surface area (Å²) in [5, 5.41) is 3.30. The molecule has 6 nitrogen and oxygen atoms in total. The van der Waals surface area contributed by atoms with E-state index in [0.29, 0.717) is 23.4 Å². The second-order valence-corrected chi connectivity index (χ2v) is 11.4. The summed E-state index contributed by atoms with van der Waals surface area (Å²) in [6.07, 6.45) is 13.5. The maximum absolute atomic E-state index is 13.3. The van der Waals surface area contributed by atoms with Crippen LogP contribution < -0.4 is 5.32 Å². The normalized spacial score (nSPS) is 31.7. The lowest BCUT2D eigenvalue weighted by atomic mass is 9.49. The number of amides is 1. The summed E-state index contributed by atoms with van der Waals surface area (Å²) in [5.74, 6) is 2.39. The molecule has 2 aromatic rings. The lowest BCUT2D eigenvalue weighted by Gasteiger charge is -2.56. The van der Waals surface area contributed by atoms with Crippen LogP contribution in [-0.2, 0) is 14.9 Å². The highest BCUT2D eigenvalue weighted by Gasteiger charge is 2.51. The zero-order chi connectivity index (χ0) is 22.6. The Labute approximate surface area is 195 Å². The van der Waals surface area contributed by atoms with Crippen LogP contribution in [0.2, 0.25) is 0 Å². The molecule has 2 aromatic heterocycles. The highest BCUT2D eigenvalue weighted by Crippen LogP contribution is 2.59. The van der Waals surface area contributed by atoms with Crippen molar-refractivity contribution in [3.63, 3.8) is 0 Å². The van der Waals surface area contributed by atoms with Crippen molar-refractivity contribution in [3.05, 3.63) is 35.8 Å². The van der Waals surface area contributed by atoms with E-state index in [2.05, 4.69) is 5.32 Å². The van der Waals surface area contributed by atoms with E-state index in [4.69, 9.17) is 9.72 Å². The van der Waals surface area contributed by atoms with Crippen molar-refractivity contribution < 1.29 is 14.3 Å². The molecule has 176 valence electrons. The van der Waals surface area contributed by atoms with Gasteiger partial charge in [0.2, 0.25) is 0 Å². The third kappa shape index (κ3) is 3.48. The fraction of sp³-hybridized carbons (Fsp3) is 0.667. The van der Waals surface area contributed by atoms with Crippen LogP contribution in [-0.4, -0.2) is 34.4 Å². The van der Waals surface area contributed by atoms with Crippen LogP contribution in [0.3, 0.4) is 0 Å².